The van der Waals surface area contributed by atoms with E-state index in [0.717, 1.165) is 16.9 Å². The van der Waals surface area contributed by atoms with Gasteiger partial charge in [0.2, 0.25) is 0 Å². The Hall–Kier alpha value is -3.14. The maximum atomic E-state index is 12.6. The summed E-state index contributed by atoms with van der Waals surface area (Å²) in [6.07, 6.45) is 3.32. The Morgan fingerprint density at radius 3 is 2.37 bits per heavy atom. The summed E-state index contributed by atoms with van der Waals surface area (Å²) in [5.41, 5.74) is 4.65. The second-order valence-corrected chi connectivity index (χ2v) is 6.94. The molecule has 0 bridgehead atoms. The summed E-state index contributed by atoms with van der Waals surface area (Å²) in [6, 6.07) is 19.9. The van der Waals surface area contributed by atoms with Crippen LogP contribution in [-0.4, -0.2) is 10.9 Å². The van der Waals surface area contributed by atoms with Crippen molar-refractivity contribution in [2.24, 2.45) is 0 Å². The van der Waals surface area contributed by atoms with Crippen molar-refractivity contribution in [2.45, 2.75) is 32.7 Å². The molecular weight excluding hydrogens is 334 g/mol. The van der Waals surface area contributed by atoms with E-state index >= 15 is 0 Å². The van der Waals surface area contributed by atoms with Crippen LogP contribution in [0.15, 0.2) is 73.1 Å². The summed E-state index contributed by atoms with van der Waals surface area (Å²) in [6.45, 7) is 6.29. The molecule has 1 unspecified atom stereocenters. The van der Waals surface area contributed by atoms with E-state index in [9.17, 15) is 4.79 Å². The molecule has 138 valence electrons. The number of amides is 1. The van der Waals surface area contributed by atoms with Gasteiger partial charge in [0.25, 0.3) is 5.91 Å². The van der Waals surface area contributed by atoms with E-state index in [1.807, 2.05) is 61.5 Å². The van der Waals surface area contributed by atoms with Crippen LogP contribution < -0.4 is 10.6 Å². The Kier molecular flexibility index (Phi) is 5.87. The molecule has 1 atom stereocenters. The van der Waals surface area contributed by atoms with Gasteiger partial charge in [-0.05, 0) is 36.1 Å². The molecule has 1 aromatic heterocycles. The number of rotatable bonds is 6. The zero-order chi connectivity index (χ0) is 19.2. The van der Waals surface area contributed by atoms with Crippen LogP contribution in [0.1, 0.15) is 54.2 Å². The molecule has 3 aromatic rings. The molecule has 27 heavy (non-hydrogen) atoms. The number of para-hydroxylation sites is 1. The normalized spacial score (nSPS) is 11.9. The summed E-state index contributed by atoms with van der Waals surface area (Å²) in [5, 5.41) is 6.42. The number of hydrogen-bond acceptors (Lipinski definition) is 3. The molecule has 0 aliphatic heterocycles. The Bertz CT molecular complexity index is 906. The van der Waals surface area contributed by atoms with Crippen LogP contribution in [0, 0.1) is 0 Å². The molecule has 0 aliphatic carbocycles. The van der Waals surface area contributed by atoms with Crippen molar-refractivity contribution in [2.75, 3.05) is 5.32 Å². The molecule has 2 N–H and O–H groups in total. The van der Waals surface area contributed by atoms with E-state index < -0.39 is 0 Å². The Balaban J connectivity index is 1.75. The first-order chi connectivity index (χ1) is 13.0. The SMILES string of the molecule is CC(C)c1ccccc1Nc1cncc(C(=O)NC(C)c2ccccc2)c1. The van der Waals surface area contributed by atoms with Gasteiger partial charge in [-0.2, -0.15) is 0 Å². The molecule has 0 saturated heterocycles. The van der Waals surface area contributed by atoms with Crippen molar-refractivity contribution < 1.29 is 4.79 Å². The number of carbonyl (C=O) groups excluding carboxylic acids is 1. The monoisotopic (exact) mass is 359 g/mol. The van der Waals surface area contributed by atoms with Crippen molar-refractivity contribution >= 4 is 17.3 Å². The second kappa shape index (κ2) is 8.49. The van der Waals surface area contributed by atoms with Crippen molar-refractivity contribution in [3.05, 3.63) is 89.7 Å². The van der Waals surface area contributed by atoms with Gasteiger partial charge in [-0.3, -0.25) is 9.78 Å². The Labute approximate surface area is 160 Å². The van der Waals surface area contributed by atoms with Crippen molar-refractivity contribution in [3.63, 3.8) is 0 Å². The fourth-order valence-corrected chi connectivity index (χ4v) is 3.01. The lowest BCUT2D eigenvalue weighted by Crippen LogP contribution is -2.26. The molecule has 4 heteroatoms. The first-order valence-corrected chi connectivity index (χ1v) is 9.21. The first kappa shape index (κ1) is 18.6. The quantitative estimate of drug-likeness (QED) is 0.616. The predicted molar refractivity (Wildman–Crippen MR) is 110 cm³/mol. The minimum Gasteiger partial charge on any atom is -0.354 e. The molecule has 4 nitrogen and oxygen atoms in total. The van der Waals surface area contributed by atoms with E-state index in [2.05, 4.69) is 35.5 Å². The minimum absolute atomic E-state index is 0.0722. The van der Waals surface area contributed by atoms with Crippen molar-refractivity contribution in [1.29, 1.82) is 0 Å². The Morgan fingerprint density at radius 2 is 1.63 bits per heavy atom. The van der Waals surface area contributed by atoms with Crippen LogP contribution in [0.25, 0.3) is 0 Å². The lowest BCUT2D eigenvalue weighted by molar-refractivity contribution is 0.0939. The van der Waals surface area contributed by atoms with Crippen LogP contribution in [0.4, 0.5) is 11.4 Å². The van der Waals surface area contributed by atoms with Crippen molar-refractivity contribution in [1.82, 2.24) is 10.3 Å². The van der Waals surface area contributed by atoms with Gasteiger partial charge in [0.15, 0.2) is 0 Å². The van der Waals surface area contributed by atoms with E-state index in [4.69, 9.17) is 0 Å². The summed E-state index contributed by atoms with van der Waals surface area (Å²) < 4.78 is 0. The highest BCUT2D eigenvalue weighted by Crippen LogP contribution is 2.27. The van der Waals surface area contributed by atoms with E-state index in [0.29, 0.717) is 11.5 Å². The molecule has 2 aromatic carbocycles. The summed E-state index contributed by atoms with van der Waals surface area (Å²) >= 11 is 0. The second-order valence-electron chi connectivity index (χ2n) is 6.94. The van der Waals surface area contributed by atoms with Crippen LogP contribution >= 0.6 is 0 Å². The number of nitrogens with one attached hydrogen (secondary N) is 2. The number of carbonyl (C=O) groups is 1. The maximum Gasteiger partial charge on any atom is 0.253 e. The maximum absolute atomic E-state index is 12.6. The van der Waals surface area contributed by atoms with Crippen molar-refractivity contribution in [3.8, 4) is 0 Å². The lowest BCUT2D eigenvalue weighted by Gasteiger charge is -2.16. The Morgan fingerprint density at radius 1 is 0.926 bits per heavy atom. The molecule has 0 fully saturated rings. The number of aromatic nitrogens is 1. The molecule has 0 radical (unpaired) electrons. The summed E-state index contributed by atoms with van der Waals surface area (Å²) in [7, 11) is 0. The average Bonchev–Trinajstić information content (AvgIpc) is 2.69. The van der Waals surface area contributed by atoms with Crippen LogP contribution in [0.3, 0.4) is 0 Å². The third kappa shape index (κ3) is 4.73. The van der Waals surface area contributed by atoms with E-state index in [1.165, 1.54) is 5.56 Å². The van der Waals surface area contributed by atoms with Gasteiger partial charge < -0.3 is 10.6 Å². The molecule has 0 aliphatic rings. The number of benzene rings is 2. The number of anilines is 2. The molecule has 1 heterocycles. The summed E-state index contributed by atoms with van der Waals surface area (Å²) in [5.74, 6) is 0.263. The van der Waals surface area contributed by atoms with Gasteiger partial charge in [0.1, 0.15) is 0 Å². The molecule has 0 saturated carbocycles. The molecule has 3 rings (SSSR count). The minimum atomic E-state index is -0.139. The predicted octanol–water partition coefficient (Wildman–Crippen LogP) is 5.44. The fourth-order valence-electron chi connectivity index (χ4n) is 3.01. The number of pyridine rings is 1. The van der Waals surface area contributed by atoms with E-state index in [1.54, 1.807) is 12.4 Å². The van der Waals surface area contributed by atoms with Crippen LogP contribution in [0.5, 0.6) is 0 Å². The largest absolute Gasteiger partial charge is 0.354 e. The van der Waals surface area contributed by atoms with Gasteiger partial charge in [-0.1, -0.05) is 62.4 Å². The molecule has 1 amide bonds. The lowest BCUT2D eigenvalue weighted by atomic mass is 10.0. The first-order valence-electron chi connectivity index (χ1n) is 9.21. The van der Waals surface area contributed by atoms with E-state index in [-0.39, 0.29) is 11.9 Å². The van der Waals surface area contributed by atoms with Gasteiger partial charge >= 0.3 is 0 Å². The van der Waals surface area contributed by atoms with Gasteiger partial charge in [0, 0.05) is 11.9 Å². The van der Waals surface area contributed by atoms with Crippen LogP contribution in [0.2, 0.25) is 0 Å². The highest BCUT2D eigenvalue weighted by Gasteiger charge is 2.13. The van der Waals surface area contributed by atoms with Gasteiger partial charge in [-0.15, -0.1) is 0 Å². The zero-order valence-electron chi connectivity index (χ0n) is 15.9. The smallest absolute Gasteiger partial charge is 0.253 e. The molecule has 0 spiro atoms. The van der Waals surface area contributed by atoms with Crippen LogP contribution in [-0.2, 0) is 0 Å². The third-order valence-corrected chi connectivity index (χ3v) is 4.51. The highest BCUT2D eigenvalue weighted by molar-refractivity contribution is 5.95. The average molecular weight is 359 g/mol. The summed E-state index contributed by atoms with van der Waals surface area (Å²) in [4.78, 5) is 16.9. The number of hydrogen-bond donors (Lipinski definition) is 2. The third-order valence-electron chi connectivity index (χ3n) is 4.51. The topological polar surface area (TPSA) is 54.0 Å². The molecular formula is C23H25N3O. The fraction of sp³-hybridized carbons (Fsp3) is 0.217. The highest BCUT2D eigenvalue weighted by atomic mass is 16.1. The standard InChI is InChI=1S/C23H25N3O/c1-16(2)21-11-7-8-12-22(21)26-20-13-19(14-24-15-20)23(27)25-17(3)18-9-5-4-6-10-18/h4-17,26H,1-3H3,(H,25,27). The number of nitrogens with zero attached hydrogens (tertiary/aromatic N) is 1. The van der Waals surface area contributed by atoms with Gasteiger partial charge in [0.05, 0.1) is 23.5 Å². The zero-order valence-corrected chi connectivity index (χ0v) is 15.9. The van der Waals surface area contributed by atoms with Gasteiger partial charge in [-0.25, -0.2) is 0 Å².